The maximum absolute atomic E-state index is 4.18. The number of pyridine rings is 1. The van der Waals surface area contributed by atoms with E-state index in [1.807, 2.05) is 25.4 Å². The fourth-order valence-corrected chi connectivity index (χ4v) is 2.13. The second-order valence-corrected chi connectivity index (χ2v) is 4.46. The lowest BCUT2D eigenvalue weighted by atomic mass is 10.2. The van der Waals surface area contributed by atoms with Crippen LogP contribution in [0.4, 0.5) is 5.69 Å². The van der Waals surface area contributed by atoms with Crippen molar-refractivity contribution in [3.8, 4) is 0 Å². The van der Waals surface area contributed by atoms with Gasteiger partial charge in [-0.1, -0.05) is 18.2 Å². The number of H-pyrrole nitrogens is 1. The Kier molecular flexibility index (Phi) is 2.73. The summed E-state index contributed by atoms with van der Waals surface area (Å²) >= 11 is 0. The molecule has 3 rings (SSSR count). The molecule has 0 radical (unpaired) electrons. The monoisotopic (exact) mass is 237 g/mol. The Hall–Kier alpha value is -2.29. The van der Waals surface area contributed by atoms with Crippen LogP contribution in [0.2, 0.25) is 0 Å². The van der Waals surface area contributed by atoms with Gasteiger partial charge in [0.1, 0.15) is 0 Å². The summed E-state index contributed by atoms with van der Waals surface area (Å²) in [4.78, 5) is 7.46. The Morgan fingerprint density at radius 2 is 2.11 bits per heavy atom. The molecule has 3 nitrogen and oxygen atoms in total. The van der Waals surface area contributed by atoms with Gasteiger partial charge in [0.25, 0.3) is 0 Å². The van der Waals surface area contributed by atoms with Gasteiger partial charge in [-0.2, -0.15) is 0 Å². The number of fused-ring (bicyclic) bond motifs is 1. The first-order chi connectivity index (χ1) is 8.83. The number of anilines is 1. The maximum Gasteiger partial charge on any atom is 0.0532 e. The summed E-state index contributed by atoms with van der Waals surface area (Å²) in [6.45, 7) is 2.85. The summed E-state index contributed by atoms with van der Waals surface area (Å²) in [7, 11) is 0. The number of aromatic amines is 1. The Morgan fingerprint density at radius 1 is 1.22 bits per heavy atom. The molecule has 2 heterocycles. The van der Waals surface area contributed by atoms with Gasteiger partial charge in [0.2, 0.25) is 0 Å². The highest BCUT2D eigenvalue weighted by atomic mass is 14.9. The molecule has 0 saturated heterocycles. The van der Waals surface area contributed by atoms with E-state index in [9.17, 15) is 0 Å². The van der Waals surface area contributed by atoms with Gasteiger partial charge in [0.05, 0.1) is 5.69 Å². The SMILES string of the molecule is Cc1cncc(NCc2c[nH]c3ccccc23)c1. The Labute approximate surface area is 106 Å². The summed E-state index contributed by atoms with van der Waals surface area (Å²) in [5.41, 5.74) is 4.67. The molecule has 0 aliphatic rings. The molecule has 0 spiro atoms. The molecule has 0 unspecified atom stereocenters. The van der Waals surface area contributed by atoms with E-state index in [-0.39, 0.29) is 0 Å². The van der Waals surface area contributed by atoms with Crippen LogP contribution in [0.15, 0.2) is 48.9 Å². The Balaban J connectivity index is 1.81. The number of hydrogen-bond donors (Lipinski definition) is 2. The maximum atomic E-state index is 4.18. The molecule has 0 bridgehead atoms. The lowest BCUT2D eigenvalue weighted by molar-refractivity contribution is 1.14. The number of para-hydroxylation sites is 1. The molecular weight excluding hydrogens is 222 g/mol. The van der Waals surface area contributed by atoms with Gasteiger partial charge in [-0.15, -0.1) is 0 Å². The fourth-order valence-electron chi connectivity index (χ4n) is 2.13. The van der Waals surface area contributed by atoms with Crippen molar-refractivity contribution in [2.24, 2.45) is 0 Å². The first kappa shape index (κ1) is 10.8. The number of hydrogen-bond acceptors (Lipinski definition) is 2. The zero-order valence-electron chi connectivity index (χ0n) is 10.3. The number of nitrogens with one attached hydrogen (secondary N) is 2. The molecular formula is C15H15N3. The van der Waals surface area contributed by atoms with Gasteiger partial charge >= 0.3 is 0 Å². The second-order valence-electron chi connectivity index (χ2n) is 4.46. The van der Waals surface area contributed by atoms with Crippen LogP contribution < -0.4 is 5.32 Å². The molecule has 0 amide bonds. The molecule has 3 heteroatoms. The van der Waals surface area contributed by atoms with Gasteiger partial charge in [0.15, 0.2) is 0 Å². The number of benzene rings is 1. The van der Waals surface area contributed by atoms with E-state index < -0.39 is 0 Å². The first-order valence-electron chi connectivity index (χ1n) is 6.03. The van der Waals surface area contributed by atoms with E-state index >= 15 is 0 Å². The van der Waals surface area contributed by atoms with Crippen LogP contribution in [0.3, 0.4) is 0 Å². The molecule has 2 aromatic heterocycles. The Bertz CT molecular complexity index is 670. The van der Waals surface area contributed by atoms with E-state index in [0.29, 0.717) is 0 Å². The minimum absolute atomic E-state index is 0.801. The summed E-state index contributed by atoms with van der Waals surface area (Å²) in [5, 5.41) is 4.67. The normalized spacial score (nSPS) is 10.7. The molecule has 1 aromatic carbocycles. The number of aromatic nitrogens is 2. The molecule has 0 aliphatic carbocycles. The molecule has 18 heavy (non-hydrogen) atoms. The van der Waals surface area contributed by atoms with Crippen molar-refractivity contribution in [2.45, 2.75) is 13.5 Å². The van der Waals surface area contributed by atoms with E-state index in [1.165, 1.54) is 22.0 Å². The minimum atomic E-state index is 0.801. The Morgan fingerprint density at radius 3 is 3.00 bits per heavy atom. The number of aryl methyl sites for hydroxylation is 1. The van der Waals surface area contributed by atoms with Crippen LogP contribution in [-0.2, 0) is 6.54 Å². The second kappa shape index (κ2) is 4.53. The van der Waals surface area contributed by atoms with Crippen molar-refractivity contribution in [1.82, 2.24) is 9.97 Å². The topological polar surface area (TPSA) is 40.7 Å². The summed E-state index contributed by atoms with van der Waals surface area (Å²) in [6.07, 6.45) is 5.76. The van der Waals surface area contributed by atoms with E-state index in [2.05, 4.69) is 45.7 Å². The highest BCUT2D eigenvalue weighted by molar-refractivity contribution is 5.83. The molecule has 0 aliphatic heterocycles. The van der Waals surface area contributed by atoms with Crippen molar-refractivity contribution in [3.05, 3.63) is 60.0 Å². The summed E-state index contributed by atoms with van der Waals surface area (Å²) in [5.74, 6) is 0. The average molecular weight is 237 g/mol. The molecule has 0 fully saturated rings. The minimum Gasteiger partial charge on any atom is -0.380 e. The van der Waals surface area contributed by atoms with Crippen molar-refractivity contribution in [3.63, 3.8) is 0 Å². The molecule has 0 saturated carbocycles. The number of nitrogens with zero attached hydrogens (tertiary/aromatic N) is 1. The predicted molar refractivity (Wildman–Crippen MR) is 74.6 cm³/mol. The van der Waals surface area contributed by atoms with E-state index in [0.717, 1.165) is 12.2 Å². The van der Waals surface area contributed by atoms with Crippen molar-refractivity contribution >= 4 is 16.6 Å². The lowest BCUT2D eigenvalue weighted by Gasteiger charge is -2.05. The van der Waals surface area contributed by atoms with Gasteiger partial charge in [-0.25, -0.2) is 0 Å². The first-order valence-corrected chi connectivity index (χ1v) is 6.03. The smallest absolute Gasteiger partial charge is 0.0532 e. The average Bonchev–Trinajstić information content (AvgIpc) is 2.80. The molecule has 90 valence electrons. The van der Waals surface area contributed by atoms with Crippen LogP contribution in [0.25, 0.3) is 10.9 Å². The summed E-state index contributed by atoms with van der Waals surface area (Å²) < 4.78 is 0. The fraction of sp³-hybridized carbons (Fsp3) is 0.133. The molecule has 0 atom stereocenters. The van der Waals surface area contributed by atoms with Crippen molar-refractivity contribution in [2.75, 3.05) is 5.32 Å². The quantitative estimate of drug-likeness (QED) is 0.732. The zero-order valence-corrected chi connectivity index (χ0v) is 10.3. The van der Waals surface area contributed by atoms with Crippen LogP contribution in [-0.4, -0.2) is 9.97 Å². The largest absolute Gasteiger partial charge is 0.380 e. The standard InChI is InChI=1S/C15H15N3/c1-11-6-13(10-16-7-11)17-8-12-9-18-15-5-3-2-4-14(12)15/h2-7,9-10,17-18H,8H2,1H3. The van der Waals surface area contributed by atoms with Gasteiger partial charge in [-0.05, 0) is 30.2 Å². The predicted octanol–water partition coefficient (Wildman–Crippen LogP) is 3.48. The van der Waals surface area contributed by atoms with E-state index in [4.69, 9.17) is 0 Å². The third-order valence-electron chi connectivity index (χ3n) is 3.03. The van der Waals surface area contributed by atoms with Crippen molar-refractivity contribution in [1.29, 1.82) is 0 Å². The van der Waals surface area contributed by atoms with Gasteiger partial charge in [0, 0.05) is 36.0 Å². The van der Waals surface area contributed by atoms with Crippen LogP contribution >= 0.6 is 0 Å². The highest BCUT2D eigenvalue weighted by Gasteiger charge is 2.02. The van der Waals surface area contributed by atoms with Crippen LogP contribution in [0.5, 0.6) is 0 Å². The number of rotatable bonds is 3. The van der Waals surface area contributed by atoms with Gasteiger partial charge < -0.3 is 10.3 Å². The lowest BCUT2D eigenvalue weighted by Crippen LogP contribution is -1.99. The molecule has 3 aromatic rings. The zero-order chi connectivity index (χ0) is 12.4. The van der Waals surface area contributed by atoms with Crippen LogP contribution in [0, 0.1) is 6.92 Å². The third-order valence-corrected chi connectivity index (χ3v) is 3.03. The molecule has 2 N–H and O–H groups in total. The summed E-state index contributed by atoms with van der Waals surface area (Å²) in [6, 6.07) is 10.4. The van der Waals surface area contributed by atoms with Crippen LogP contribution in [0.1, 0.15) is 11.1 Å². The van der Waals surface area contributed by atoms with E-state index in [1.54, 1.807) is 0 Å². The van der Waals surface area contributed by atoms with Crippen molar-refractivity contribution < 1.29 is 0 Å². The highest BCUT2D eigenvalue weighted by Crippen LogP contribution is 2.19. The third kappa shape index (κ3) is 2.07. The van der Waals surface area contributed by atoms with Gasteiger partial charge in [-0.3, -0.25) is 4.98 Å².